The molecule has 0 aromatic carbocycles. The van der Waals surface area contributed by atoms with Crippen LogP contribution in [0.2, 0.25) is 0 Å². The second-order valence-corrected chi connectivity index (χ2v) is 5.91. The van der Waals surface area contributed by atoms with E-state index < -0.39 is 0 Å². The Kier molecular flexibility index (Phi) is 6.15. The summed E-state index contributed by atoms with van der Waals surface area (Å²) < 4.78 is 0. The molecule has 0 spiro atoms. The van der Waals surface area contributed by atoms with Gasteiger partial charge in [-0.05, 0) is 42.9 Å². The molecule has 0 aromatic rings. The van der Waals surface area contributed by atoms with Crippen LogP contribution in [0.15, 0.2) is 12.7 Å². The van der Waals surface area contributed by atoms with Crippen LogP contribution in [0, 0.1) is 17.3 Å². The SMILES string of the molecule is C=CCCCC(CC(C)C)C(C)(C)C. The summed E-state index contributed by atoms with van der Waals surface area (Å²) in [5.41, 5.74) is 0.464. The van der Waals surface area contributed by atoms with Gasteiger partial charge in [-0.25, -0.2) is 0 Å². The van der Waals surface area contributed by atoms with Crippen LogP contribution < -0.4 is 0 Å². The topological polar surface area (TPSA) is 0 Å². The predicted molar refractivity (Wildman–Crippen MR) is 66.4 cm³/mol. The summed E-state index contributed by atoms with van der Waals surface area (Å²) in [4.78, 5) is 0. The van der Waals surface area contributed by atoms with Crippen molar-refractivity contribution < 1.29 is 0 Å². The zero-order chi connectivity index (χ0) is 11.2. The Labute approximate surface area is 90.8 Å². The lowest BCUT2D eigenvalue weighted by atomic mass is 9.74. The van der Waals surface area contributed by atoms with E-state index in [1.807, 2.05) is 6.08 Å². The molecule has 0 N–H and O–H groups in total. The van der Waals surface area contributed by atoms with Gasteiger partial charge in [0.25, 0.3) is 0 Å². The molecule has 0 bridgehead atoms. The quantitative estimate of drug-likeness (QED) is 0.412. The molecule has 14 heavy (non-hydrogen) atoms. The molecule has 0 aromatic heterocycles. The van der Waals surface area contributed by atoms with Gasteiger partial charge in [0.2, 0.25) is 0 Å². The van der Waals surface area contributed by atoms with Crippen LogP contribution >= 0.6 is 0 Å². The summed E-state index contributed by atoms with van der Waals surface area (Å²) in [5, 5.41) is 0. The van der Waals surface area contributed by atoms with Crippen molar-refractivity contribution in [3.05, 3.63) is 12.7 Å². The van der Waals surface area contributed by atoms with Crippen LogP contribution in [0.5, 0.6) is 0 Å². The van der Waals surface area contributed by atoms with Crippen molar-refractivity contribution in [1.29, 1.82) is 0 Å². The molecule has 0 radical (unpaired) electrons. The summed E-state index contributed by atoms with van der Waals surface area (Å²) in [6.45, 7) is 15.5. The van der Waals surface area contributed by atoms with E-state index in [-0.39, 0.29) is 0 Å². The van der Waals surface area contributed by atoms with Crippen LogP contribution in [-0.2, 0) is 0 Å². The minimum Gasteiger partial charge on any atom is -0.103 e. The molecule has 0 aliphatic carbocycles. The number of hydrogen-bond donors (Lipinski definition) is 0. The molecule has 0 nitrogen and oxygen atoms in total. The van der Waals surface area contributed by atoms with Gasteiger partial charge in [-0.15, -0.1) is 6.58 Å². The largest absolute Gasteiger partial charge is 0.103 e. The Bertz CT molecular complexity index is 148. The molecule has 0 amide bonds. The van der Waals surface area contributed by atoms with Gasteiger partial charge in [0.05, 0.1) is 0 Å². The van der Waals surface area contributed by atoms with Gasteiger partial charge in [-0.1, -0.05) is 40.7 Å². The molecule has 0 fully saturated rings. The van der Waals surface area contributed by atoms with E-state index >= 15 is 0 Å². The standard InChI is InChI=1S/C14H28/c1-7-8-9-10-13(11-12(2)3)14(4,5)6/h7,12-13H,1,8-11H2,2-6H3. The van der Waals surface area contributed by atoms with Crippen molar-refractivity contribution in [3.63, 3.8) is 0 Å². The van der Waals surface area contributed by atoms with Crippen molar-refractivity contribution in [3.8, 4) is 0 Å². The van der Waals surface area contributed by atoms with Gasteiger partial charge < -0.3 is 0 Å². The van der Waals surface area contributed by atoms with Crippen molar-refractivity contribution in [1.82, 2.24) is 0 Å². The third-order valence-electron chi connectivity index (χ3n) is 2.94. The van der Waals surface area contributed by atoms with E-state index in [4.69, 9.17) is 0 Å². The predicted octanol–water partition coefficient (Wildman–Crippen LogP) is 5.05. The monoisotopic (exact) mass is 196 g/mol. The van der Waals surface area contributed by atoms with Gasteiger partial charge in [0, 0.05) is 0 Å². The van der Waals surface area contributed by atoms with Gasteiger partial charge in [-0.3, -0.25) is 0 Å². The molecule has 0 saturated carbocycles. The average Bonchev–Trinajstić information content (AvgIpc) is 2.00. The molecule has 1 atom stereocenters. The van der Waals surface area contributed by atoms with Gasteiger partial charge in [-0.2, -0.15) is 0 Å². The van der Waals surface area contributed by atoms with E-state index in [2.05, 4.69) is 41.2 Å². The van der Waals surface area contributed by atoms with Gasteiger partial charge >= 0.3 is 0 Å². The van der Waals surface area contributed by atoms with E-state index in [1.165, 1.54) is 25.7 Å². The number of allylic oxidation sites excluding steroid dienone is 1. The molecular weight excluding hydrogens is 168 g/mol. The van der Waals surface area contributed by atoms with Crippen molar-refractivity contribution in [2.24, 2.45) is 17.3 Å². The van der Waals surface area contributed by atoms with E-state index in [0.29, 0.717) is 5.41 Å². The first-order valence-electron chi connectivity index (χ1n) is 5.98. The van der Waals surface area contributed by atoms with Crippen LogP contribution in [-0.4, -0.2) is 0 Å². The summed E-state index contributed by atoms with van der Waals surface area (Å²) >= 11 is 0. The lowest BCUT2D eigenvalue weighted by Crippen LogP contribution is -2.22. The molecule has 84 valence electrons. The Morgan fingerprint density at radius 3 is 2.14 bits per heavy atom. The average molecular weight is 196 g/mol. The fourth-order valence-electron chi connectivity index (χ4n) is 1.98. The highest BCUT2D eigenvalue weighted by Crippen LogP contribution is 2.34. The first-order valence-corrected chi connectivity index (χ1v) is 5.98. The van der Waals surface area contributed by atoms with E-state index in [0.717, 1.165) is 11.8 Å². The van der Waals surface area contributed by atoms with Crippen LogP contribution in [0.1, 0.15) is 60.3 Å². The van der Waals surface area contributed by atoms with E-state index in [1.54, 1.807) is 0 Å². The molecule has 0 aliphatic rings. The molecule has 0 heterocycles. The molecule has 0 aliphatic heterocycles. The Hall–Kier alpha value is -0.260. The smallest absolute Gasteiger partial charge is 0.0353 e. The number of hydrogen-bond acceptors (Lipinski definition) is 0. The highest BCUT2D eigenvalue weighted by atomic mass is 14.3. The van der Waals surface area contributed by atoms with Crippen LogP contribution in [0.4, 0.5) is 0 Å². The lowest BCUT2D eigenvalue weighted by Gasteiger charge is -2.32. The second-order valence-electron chi connectivity index (χ2n) is 5.91. The molecule has 0 saturated heterocycles. The van der Waals surface area contributed by atoms with Crippen LogP contribution in [0.25, 0.3) is 0 Å². The maximum atomic E-state index is 3.78. The minimum absolute atomic E-state index is 0.464. The zero-order valence-electron chi connectivity index (χ0n) is 10.8. The summed E-state index contributed by atoms with van der Waals surface area (Å²) in [6, 6.07) is 0. The number of rotatable bonds is 6. The summed E-state index contributed by atoms with van der Waals surface area (Å²) in [5.74, 6) is 1.69. The minimum atomic E-state index is 0.464. The number of unbranched alkanes of at least 4 members (excludes halogenated alkanes) is 1. The highest BCUT2D eigenvalue weighted by molar-refractivity contribution is 4.76. The van der Waals surface area contributed by atoms with Crippen molar-refractivity contribution >= 4 is 0 Å². The molecular formula is C14H28. The fraction of sp³-hybridized carbons (Fsp3) is 0.857. The second kappa shape index (κ2) is 6.27. The third kappa shape index (κ3) is 6.23. The lowest BCUT2D eigenvalue weighted by molar-refractivity contribution is 0.188. The van der Waals surface area contributed by atoms with Crippen molar-refractivity contribution in [2.75, 3.05) is 0 Å². The van der Waals surface area contributed by atoms with Gasteiger partial charge in [0.15, 0.2) is 0 Å². The van der Waals surface area contributed by atoms with Crippen LogP contribution in [0.3, 0.4) is 0 Å². The van der Waals surface area contributed by atoms with Crippen molar-refractivity contribution in [2.45, 2.75) is 60.3 Å². The summed E-state index contributed by atoms with van der Waals surface area (Å²) in [6.07, 6.45) is 7.23. The molecule has 1 unspecified atom stereocenters. The fourth-order valence-corrected chi connectivity index (χ4v) is 1.98. The maximum Gasteiger partial charge on any atom is -0.0353 e. The first kappa shape index (κ1) is 13.7. The highest BCUT2D eigenvalue weighted by Gasteiger charge is 2.24. The Balaban J connectivity index is 4.04. The maximum absolute atomic E-state index is 3.78. The van der Waals surface area contributed by atoms with Gasteiger partial charge in [0.1, 0.15) is 0 Å². The molecule has 0 rings (SSSR count). The van der Waals surface area contributed by atoms with E-state index in [9.17, 15) is 0 Å². The zero-order valence-corrected chi connectivity index (χ0v) is 10.8. The first-order chi connectivity index (χ1) is 6.38. The molecule has 0 heteroatoms. The normalized spacial score (nSPS) is 14.4. The Morgan fingerprint density at radius 2 is 1.79 bits per heavy atom. The Morgan fingerprint density at radius 1 is 1.21 bits per heavy atom. The summed E-state index contributed by atoms with van der Waals surface area (Å²) in [7, 11) is 0. The third-order valence-corrected chi connectivity index (χ3v) is 2.94.